The SMILES string of the molecule is CS(=O)(=O)O.Cc1cc(N)ccc1N.Nc1ccc(N)cc1.Nc1ccc(S(=O)(=O)O)cc1. The molecule has 3 rings (SSSR count). The lowest BCUT2D eigenvalue weighted by Gasteiger charge is -1.98. The van der Waals surface area contributed by atoms with E-state index in [0.29, 0.717) is 11.9 Å². The van der Waals surface area contributed by atoms with Crippen molar-refractivity contribution in [3.63, 3.8) is 0 Å². The molecule has 0 atom stereocenters. The van der Waals surface area contributed by atoms with E-state index >= 15 is 0 Å². The molecule has 11 nitrogen and oxygen atoms in total. The Morgan fingerprint density at radius 1 is 0.606 bits per heavy atom. The van der Waals surface area contributed by atoms with Gasteiger partial charge < -0.3 is 28.7 Å². The lowest BCUT2D eigenvalue weighted by molar-refractivity contribution is 0.482. The molecule has 33 heavy (non-hydrogen) atoms. The van der Waals surface area contributed by atoms with Gasteiger partial charge in [-0.25, -0.2) is 0 Å². The highest BCUT2D eigenvalue weighted by atomic mass is 32.2. The second kappa shape index (κ2) is 13.1. The molecule has 0 unspecified atom stereocenters. The summed E-state index contributed by atoms with van der Waals surface area (Å²) in [5, 5.41) is 0. The molecule has 0 aliphatic carbocycles. The Morgan fingerprint density at radius 2 is 0.909 bits per heavy atom. The van der Waals surface area contributed by atoms with Crippen LogP contribution in [0, 0.1) is 6.92 Å². The Bertz CT molecular complexity index is 1190. The third-order valence-electron chi connectivity index (χ3n) is 3.41. The van der Waals surface area contributed by atoms with E-state index < -0.39 is 20.2 Å². The van der Waals surface area contributed by atoms with Crippen molar-refractivity contribution in [3.8, 4) is 0 Å². The van der Waals surface area contributed by atoms with Crippen molar-refractivity contribution in [3.05, 3.63) is 72.3 Å². The number of anilines is 5. The number of aryl methyl sites for hydroxylation is 1. The lowest BCUT2D eigenvalue weighted by atomic mass is 10.2. The van der Waals surface area contributed by atoms with Crippen LogP contribution in [0.5, 0.6) is 0 Å². The number of hydrogen-bond donors (Lipinski definition) is 7. The molecule has 0 spiro atoms. The van der Waals surface area contributed by atoms with Gasteiger partial charge in [0.1, 0.15) is 0 Å². The maximum Gasteiger partial charge on any atom is 0.294 e. The van der Waals surface area contributed by atoms with Crippen LogP contribution in [0.25, 0.3) is 0 Å². The second-order valence-electron chi connectivity index (χ2n) is 6.56. The van der Waals surface area contributed by atoms with E-state index in [1.807, 2.05) is 19.1 Å². The zero-order valence-corrected chi connectivity index (χ0v) is 19.7. The maximum absolute atomic E-state index is 10.5. The molecule has 0 aliphatic rings. The Morgan fingerprint density at radius 3 is 1.18 bits per heavy atom. The van der Waals surface area contributed by atoms with E-state index in [9.17, 15) is 16.8 Å². The van der Waals surface area contributed by atoms with Gasteiger partial charge in [0.05, 0.1) is 11.2 Å². The van der Waals surface area contributed by atoms with Gasteiger partial charge in [-0.3, -0.25) is 9.11 Å². The first kappa shape index (κ1) is 29.5. The first-order valence-electron chi connectivity index (χ1n) is 8.97. The van der Waals surface area contributed by atoms with Gasteiger partial charge in [0.15, 0.2) is 0 Å². The molecule has 3 aromatic carbocycles. The molecule has 0 heterocycles. The second-order valence-corrected chi connectivity index (χ2v) is 9.45. The third-order valence-corrected chi connectivity index (χ3v) is 4.28. The number of nitrogen functional groups attached to an aromatic ring is 5. The van der Waals surface area contributed by atoms with Crippen molar-refractivity contribution in [2.45, 2.75) is 11.8 Å². The average Bonchev–Trinajstić information content (AvgIpc) is 2.67. The van der Waals surface area contributed by atoms with Gasteiger partial charge in [0.25, 0.3) is 20.2 Å². The topological polar surface area (TPSA) is 239 Å². The zero-order chi connectivity index (χ0) is 25.8. The van der Waals surface area contributed by atoms with Gasteiger partial charge in [-0.15, -0.1) is 0 Å². The fraction of sp³-hybridized carbons (Fsp3) is 0.100. The molecule has 0 aliphatic heterocycles. The van der Waals surface area contributed by atoms with Crippen LogP contribution in [0.15, 0.2) is 71.6 Å². The normalized spacial score (nSPS) is 10.3. The fourth-order valence-electron chi connectivity index (χ4n) is 1.83. The van der Waals surface area contributed by atoms with E-state index in [1.165, 1.54) is 24.3 Å². The van der Waals surface area contributed by atoms with Gasteiger partial charge in [0.2, 0.25) is 0 Å². The van der Waals surface area contributed by atoms with Crippen molar-refractivity contribution in [2.75, 3.05) is 34.9 Å². The van der Waals surface area contributed by atoms with Crippen LogP contribution >= 0.6 is 0 Å². The average molecular weight is 500 g/mol. The Hall–Kier alpha value is -3.52. The Balaban J connectivity index is 0.000000428. The quantitative estimate of drug-likeness (QED) is 0.189. The summed E-state index contributed by atoms with van der Waals surface area (Å²) in [6.45, 7) is 1.94. The molecule has 0 saturated carbocycles. The molecule has 3 aromatic rings. The van der Waals surface area contributed by atoms with E-state index in [4.69, 9.17) is 37.8 Å². The highest BCUT2D eigenvalue weighted by Crippen LogP contribution is 2.13. The molecular weight excluding hydrogens is 470 g/mol. The van der Waals surface area contributed by atoms with Gasteiger partial charge in [-0.2, -0.15) is 16.8 Å². The van der Waals surface area contributed by atoms with Gasteiger partial charge in [0, 0.05) is 28.4 Å². The number of rotatable bonds is 1. The minimum Gasteiger partial charge on any atom is -0.399 e. The van der Waals surface area contributed by atoms with Crippen LogP contribution in [0.1, 0.15) is 5.56 Å². The summed E-state index contributed by atoms with van der Waals surface area (Å²) in [5.74, 6) is 0. The van der Waals surface area contributed by atoms with Crippen LogP contribution in [0.4, 0.5) is 28.4 Å². The largest absolute Gasteiger partial charge is 0.399 e. The third kappa shape index (κ3) is 15.9. The zero-order valence-electron chi connectivity index (χ0n) is 18.1. The molecular formula is C20H29N5O6S2. The van der Waals surface area contributed by atoms with Gasteiger partial charge >= 0.3 is 0 Å². The van der Waals surface area contributed by atoms with Crippen molar-refractivity contribution < 1.29 is 25.9 Å². The van der Waals surface area contributed by atoms with Crippen molar-refractivity contribution in [2.24, 2.45) is 0 Å². The summed E-state index contributed by atoms with van der Waals surface area (Å²) >= 11 is 0. The summed E-state index contributed by atoms with van der Waals surface area (Å²) in [6, 6.07) is 17.8. The highest BCUT2D eigenvalue weighted by molar-refractivity contribution is 7.85. The first-order chi connectivity index (χ1) is 15.0. The standard InChI is InChI=1S/C7H10N2.C6H8N2.C6H7NO3S.CH4O3S/c1-5-4-6(8)2-3-7(5)9;7-5-1-2-6(8)4-3-5;7-5-1-3-6(4-2-5)11(8,9)10;1-5(2,3)4/h2-4H,8-9H2,1H3;1-4H,7-8H2;1-4H,7H2,(H,8,9,10);1H3,(H,2,3,4). The van der Waals surface area contributed by atoms with Crippen LogP contribution in [0.2, 0.25) is 0 Å². The summed E-state index contributed by atoms with van der Waals surface area (Å²) in [6.07, 6.45) is 0.715. The minimum absolute atomic E-state index is 0.147. The summed E-state index contributed by atoms with van der Waals surface area (Å²) in [5.41, 5.74) is 31.6. The molecule has 0 saturated heterocycles. The highest BCUT2D eigenvalue weighted by Gasteiger charge is 2.06. The van der Waals surface area contributed by atoms with Crippen LogP contribution in [-0.4, -0.2) is 32.2 Å². The monoisotopic (exact) mass is 499 g/mol. The molecule has 0 radical (unpaired) electrons. The van der Waals surface area contributed by atoms with Crippen LogP contribution < -0.4 is 28.7 Å². The van der Waals surface area contributed by atoms with E-state index in [1.54, 1.807) is 30.3 Å². The summed E-state index contributed by atoms with van der Waals surface area (Å²) in [7, 11) is -7.74. The Kier molecular flexibility index (Phi) is 11.7. The first-order valence-corrected chi connectivity index (χ1v) is 12.3. The molecule has 182 valence electrons. The Labute approximate surface area is 193 Å². The molecule has 13 heteroatoms. The van der Waals surface area contributed by atoms with Crippen LogP contribution in [0.3, 0.4) is 0 Å². The molecule has 12 N–H and O–H groups in total. The maximum atomic E-state index is 10.5. The van der Waals surface area contributed by atoms with Crippen LogP contribution in [-0.2, 0) is 20.2 Å². The van der Waals surface area contributed by atoms with E-state index in [-0.39, 0.29) is 4.90 Å². The summed E-state index contributed by atoms with van der Waals surface area (Å²) in [4.78, 5) is -0.147. The molecule has 0 bridgehead atoms. The molecule has 0 amide bonds. The van der Waals surface area contributed by atoms with Gasteiger partial charge in [-0.05, 0) is 79.2 Å². The van der Waals surface area contributed by atoms with Crippen molar-refractivity contribution >= 4 is 48.7 Å². The predicted octanol–water partition coefficient (Wildman–Crippen LogP) is 2.03. The van der Waals surface area contributed by atoms with Crippen molar-refractivity contribution in [1.82, 2.24) is 0 Å². The van der Waals surface area contributed by atoms with Gasteiger partial charge in [-0.1, -0.05) is 0 Å². The number of hydrogen-bond acceptors (Lipinski definition) is 9. The number of nitrogens with two attached hydrogens (primary N) is 5. The van der Waals surface area contributed by atoms with E-state index in [2.05, 4.69) is 0 Å². The minimum atomic E-state index is -4.08. The molecule has 0 fully saturated rings. The summed E-state index contributed by atoms with van der Waals surface area (Å²) < 4.78 is 55.3. The smallest absolute Gasteiger partial charge is 0.294 e. The molecule has 0 aromatic heterocycles. The number of benzene rings is 3. The van der Waals surface area contributed by atoms with Crippen molar-refractivity contribution in [1.29, 1.82) is 0 Å². The van der Waals surface area contributed by atoms with E-state index in [0.717, 1.165) is 28.3 Å². The predicted molar refractivity (Wildman–Crippen MR) is 133 cm³/mol. The fourth-order valence-corrected chi connectivity index (χ4v) is 2.31. The lowest BCUT2D eigenvalue weighted by Crippen LogP contribution is -1.97.